The summed E-state index contributed by atoms with van der Waals surface area (Å²) in [6, 6.07) is 2.33. The van der Waals surface area contributed by atoms with Gasteiger partial charge in [0.15, 0.2) is 0 Å². The molecule has 0 spiro atoms. The molecule has 0 aliphatic heterocycles. The van der Waals surface area contributed by atoms with Crippen LogP contribution in [0.4, 0.5) is 10.8 Å². The van der Waals surface area contributed by atoms with Gasteiger partial charge in [0.25, 0.3) is 0 Å². The van der Waals surface area contributed by atoms with E-state index in [1.807, 2.05) is 13.0 Å². The number of hydrogen-bond acceptors (Lipinski definition) is 5. The van der Waals surface area contributed by atoms with Crippen LogP contribution in [0.2, 0.25) is 0 Å². The van der Waals surface area contributed by atoms with Crippen LogP contribution in [-0.2, 0) is 4.74 Å². The first-order chi connectivity index (χ1) is 7.54. The molecule has 5 heteroatoms. The Balaban J connectivity index is 1.94. The molecule has 1 aliphatic rings. The van der Waals surface area contributed by atoms with Crippen molar-refractivity contribution in [3.63, 3.8) is 0 Å². The molecule has 1 aliphatic carbocycles. The molecule has 1 heterocycles. The van der Waals surface area contributed by atoms with Crippen LogP contribution in [-0.4, -0.2) is 23.1 Å². The van der Waals surface area contributed by atoms with E-state index in [0.29, 0.717) is 18.0 Å². The molecular formula is C11H19N3OS. The molecule has 16 heavy (non-hydrogen) atoms. The molecule has 1 aromatic rings. The Hall–Kier alpha value is -0.810. The maximum absolute atomic E-state index is 5.69. The van der Waals surface area contributed by atoms with Crippen molar-refractivity contribution >= 4 is 22.4 Å². The molecule has 90 valence electrons. The van der Waals surface area contributed by atoms with Crippen molar-refractivity contribution in [1.29, 1.82) is 0 Å². The SMILES string of the molecule is CCOC1CC(Nc2cc(N)ns2)C1(C)C. The van der Waals surface area contributed by atoms with E-state index in [1.54, 1.807) is 0 Å². The average Bonchev–Trinajstić information content (AvgIpc) is 2.63. The molecule has 0 saturated heterocycles. The van der Waals surface area contributed by atoms with E-state index >= 15 is 0 Å². The van der Waals surface area contributed by atoms with Crippen molar-refractivity contribution in [2.24, 2.45) is 5.41 Å². The number of hydrogen-bond donors (Lipinski definition) is 2. The minimum Gasteiger partial charge on any atom is -0.383 e. The Morgan fingerprint density at radius 1 is 1.69 bits per heavy atom. The highest BCUT2D eigenvalue weighted by Crippen LogP contribution is 2.44. The van der Waals surface area contributed by atoms with Crippen LogP contribution in [0.5, 0.6) is 0 Å². The van der Waals surface area contributed by atoms with Crippen LogP contribution >= 0.6 is 11.5 Å². The zero-order chi connectivity index (χ0) is 11.8. The van der Waals surface area contributed by atoms with Crippen LogP contribution in [0, 0.1) is 5.41 Å². The summed E-state index contributed by atoms with van der Waals surface area (Å²) in [6.07, 6.45) is 1.42. The second-order valence-electron chi connectivity index (χ2n) is 4.81. The van der Waals surface area contributed by atoms with Crippen molar-refractivity contribution in [2.45, 2.75) is 39.3 Å². The quantitative estimate of drug-likeness (QED) is 0.849. The number of rotatable bonds is 4. The third-order valence-electron chi connectivity index (χ3n) is 3.39. The minimum atomic E-state index is 0.175. The monoisotopic (exact) mass is 241 g/mol. The molecule has 0 aromatic carbocycles. The third kappa shape index (κ3) is 2.01. The van der Waals surface area contributed by atoms with Gasteiger partial charge in [0.05, 0.1) is 6.10 Å². The van der Waals surface area contributed by atoms with Gasteiger partial charge in [0, 0.05) is 24.1 Å². The van der Waals surface area contributed by atoms with Gasteiger partial charge in [0.2, 0.25) is 0 Å². The van der Waals surface area contributed by atoms with Gasteiger partial charge in [-0.05, 0) is 24.9 Å². The molecule has 1 aromatic heterocycles. The van der Waals surface area contributed by atoms with Crippen LogP contribution in [0.1, 0.15) is 27.2 Å². The maximum Gasteiger partial charge on any atom is 0.139 e. The largest absolute Gasteiger partial charge is 0.383 e. The van der Waals surface area contributed by atoms with Gasteiger partial charge in [-0.2, -0.15) is 4.37 Å². The Kier molecular flexibility index (Phi) is 3.08. The van der Waals surface area contributed by atoms with Gasteiger partial charge < -0.3 is 15.8 Å². The Labute approximate surface area is 100 Å². The van der Waals surface area contributed by atoms with Crippen molar-refractivity contribution in [3.05, 3.63) is 6.07 Å². The highest BCUT2D eigenvalue weighted by Gasteiger charge is 2.49. The lowest BCUT2D eigenvalue weighted by Crippen LogP contribution is -2.58. The van der Waals surface area contributed by atoms with Crippen molar-refractivity contribution < 1.29 is 4.74 Å². The van der Waals surface area contributed by atoms with Gasteiger partial charge >= 0.3 is 0 Å². The molecule has 3 N–H and O–H groups in total. The van der Waals surface area contributed by atoms with Crippen molar-refractivity contribution in [2.75, 3.05) is 17.7 Å². The number of aromatic nitrogens is 1. The highest BCUT2D eigenvalue weighted by atomic mass is 32.1. The summed E-state index contributed by atoms with van der Waals surface area (Å²) in [6.45, 7) is 7.30. The summed E-state index contributed by atoms with van der Waals surface area (Å²) in [5, 5.41) is 4.52. The lowest BCUT2D eigenvalue weighted by molar-refractivity contribution is -0.0975. The normalized spacial score (nSPS) is 27.4. The summed E-state index contributed by atoms with van der Waals surface area (Å²) in [7, 11) is 0. The molecule has 0 amide bonds. The predicted molar refractivity (Wildman–Crippen MR) is 67.7 cm³/mol. The van der Waals surface area contributed by atoms with Crippen LogP contribution < -0.4 is 11.1 Å². The molecule has 2 atom stereocenters. The molecule has 0 bridgehead atoms. The zero-order valence-electron chi connectivity index (χ0n) is 9.99. The fraction of sp³-hybridized carbons (Fsp3) is 0.727. The first kappa shape index (κ1) is 11.7. The van der Waals surface area contributed by atoms with E-state index in [2.05, 4.69) is 23.5 Å². The number of nitrogen functional groups attached to an aromatic ring is 1. The first-order valence-corrected chi connectivity index (χ1v) is 6.41. The van der Waals surface area contributed by atoms with Crippen LogP contribution in [0.15, 0.2) is 6.07 Å². The van der Waals surface area contributed by atoms with Crippen LogP contribution in [0.25, 0.3) is 0 Å². The average molecular weight is 241 g/mol. The van der Waals surface area contributed by atoms with E-state index in [0.717, 1.165) is 18.0 Å². The second-order valence-corrected chi connectivity index (χ2v) is 5.62. The molecule has 1 saturated carbocycles. The van der Waals surface area contributed by atoms with Crippen molar-refractivity contribution in [3.8, 4) is 0 Å². The van der Waals surface area contributed by atoms with E-state index in [1.165, 1.54) is 11.5 Å². The molecule has 0 radical (unpaired) electrons. The van der Waals surface area contributed by atoms with Gasteiger partial charge in [-0.25, -0.2) is 0 Å². The summed E-state index contributed by atoms with van der Waals surface area (Å²) < 4.78 is 9.75. The lowest BCUT2D eigenvalue weighted by atomic mass is 9.64. The topological polar surface area (TPSA) is 60.2 Å². The zero-order valence-corrected chi connectivity index (χ0v) is 10.8. The number of nitrogens with two attached hydrogens (primary N) is 1. The van der Waals surface area contributed by atoms with Gasteiger partial charge in [-0.15, -0.1) is 0 Å². The minimum absolute atomic E-state index is 0.175. The van der Waals surface area contributed by atoms with E-state index in [9.17, 15) is 0 Å². The standard InChI is InChI=1S/C11H19N3OS/c1-4-15-8-5-7(11(8,2)3)13-10-6-9(12)14-16-10/h6-8,13H,4-5H2,1-3H3,(H2,12,14). The smallest absolute Gasteiger partial charge is 0.139 e. The molecule has 2 unspecified atom stereocenters. The van der Waals surface area contributed by atoms with Crippen molar-refractivity contribution in [1.82, 2.24) is 4.37 Å². The number of nitrogens with one attached hydrogen (secondary N) is 1. The van der Waals surface area contributed by atoms with E-state index in [-0.39, 0.29) is 5.41 Å². The Morgan fingerprint density at radius 3 is 2.94 bits per heavy atom. The summed E-state index contributed by atoms with van der Waals surface area (Å²) in [4.78, 5) is 0. The predicted octanol–water partition coefficient (Wildman–Crippen LogP) is 2.34. The summed E-state index contributed by atoms with van der Waals surface area (Å²) in [5.41, 5.74) is 5.77. The summed E-state index contributed by atoms with van der Waals surface area (Å²) >= 11 is 1.42. The lowest BCUT2D eigenvalue weighted by Gasteiger charge is -2.51. The Morgan fingerprint density at radius 2 is 2.44 bits per heavy atom. The first-order valence-electron chi connectivity index (χ1n) is 5.64. The molecule has 1 fully saturated rings. The fourth-order valence-electron chi connectivity index (χ4n) is 2.14. The maximum atomic E-state index is 5.69. The number of anilines is 2. The van der Waals surface area contributed by atoms with Gasteiger partial charge in [-0.1, -0.05) is 13.8 Å². The summed E-state index contributed by atoms with van der Waals surface area (Å²) in [5.74, 6) is 0.589. The molecular weight excluding hydrogens is 222 g/mol. The van der Waals surface area contributed by atoms with E-state index in [4.69, 9.17) is 10.5 Å². The van der Waals surface area contributed by atoms with Crippen LogP contribution in [0.3, 0.4) is 0 Å². The highest BCUT2D eigenvalue weighted by molar-refractivity contribution is 7.10. The number of ether oxygens (including phenoxy) is 1. The fourth-order valence-corrected chi connectivity index (χ4v) is 2.77. The number of nitrogens with zero attached hydrogens (tertiary/aromatic N) is 1. The Bertz CT molecular complexity index is 364. The third-order valence-corrected chi connectivity index (χ3v) is 4.12. The van der Waals surface area contributed by atoms with Gasteiger partial charge in [-0.3, -0.25) is 0 Å². The van der Waals surface area contributed by atoms with Gasteiger partial charge in [0.1, 0.15) is 10.8 Å². The molecule has 4 nitrogen and oxygen atoms in total. The molecule has 2 rings (SSSR count). The second kappa shape index (κ2) is 4.22. The van der Waals surface area contributed by atoms with E-state index < -0.39 is 0 Å².